The van der Waals surface area contributed by atoms with Crippen molar-refractivity contribution >= 4 is 11.8 Å². The average molecular weight is 292 g/mol. The molecule has 1 atom stereocenters. The van der Waals surface area contributed by atoms with E-state index in [0.717, 1.165) is 24.5 Å². The SMILES string of the molecule is COC[C@@H](C)NC(=O)NCc1ccnc(N2CCCC2)c1. The van der Waals surface area contributed by atoms with Gasteiger partial charge in [-0.1, -0.05) is 0 Å². The van der Waals surface area contributed by atoms with E-state index in [1.807, 2.05) is 19.1 Å². The standard InChI is InChI=1S/C15H24N4O2/c1-12(11-21-2)18-15(20)17-10-13-5-6-16-14(9-13)19-7-3-4-8-19/h5-6,9,12H,3-4,7-8,10-11H2,1-2H3,(H2,17,18,20)/t12-/m1/s1. The van der Waals surface area contributed by atoms with Crippen molar-refractivity contribution in [3.8, 4) is 0 Å². The largest absolute Gasteiger partial charge is 0.383 e. The fraction of sp³-hybridized carbons (Fsp3) is 0.600. The Labute approximate surface area is 125 Å². The van der Waals surface area contributed by atoms with E-state index in [1.165, 1.54) is 12.8 Å². The van der Waals surface area contributed by atoms with Gasteiger partial charge in [0.05, 0.1) is 12.6 Å². The number of anilines is 1. The van der Waals surface area contributed by atoms with Crippen LogP contribution in [0.15, 0.2) is 18.3 Å². The van der Waals surface area contributed by atoms with E-state index in [-0.39, 0.29) is 12.1 Å². The van der Waals surface area contributed by atoms with E-state index in [4.69, 9.17) is 4.74 Å². The molecule has 0 unspecified atom stereocenters. The smallest absolute Gasteiger partial charge is 0.315 e. The summed E-state index contributed by atoms with van der Waals surface area (Å²) in [5.74, 6) is 1.000. The highest BCUT2D eigenvalue weighted by Gasteiger charge is 2.13. The Morgan fingerprint density at radius 3 is 2.95 bits per heavy atom. The third-order valence-electron chi connectivity index (χ3n) is 3.49. The molecule has 1 aliphatic heterocycles. The van der Waals surface area contributed by atoms with Crippen LogP contribution in [0.5, 0.6) is 0 Å². The molecule has 1 aromatic heterocycles. The summed E-state index contributed by atoms with van der Waals surface area (Å²) in [6, 6.07) is 3.79. The van der Waals surface area contributed by atoms with Crippen molar-refractivity contribution in [2.45, 2.75) is 32.4 Å². The molecule has 0 aliphatic carbocycles. The molecule has 1 aromatic rings. The molecule has 2 amide bonds. The van der Waals surface area contributed by atoms with Crippen molar-refractivity contribution in [2.75, 3.05) is 31.7 Å². The summed E-state index contributed by atoms with van der Waals surface area (Å²) in [4.78, 5) is 18.4. The number of amides is 2. The molecular formula is C15H24N4O2. The van der Waals surface area contributed by atoms with Gasteiger partial charge in [-0.3, -0.25) is 0 Å². The molecule has 2 heterocycles. The van der Waals surface area contributed by atoms with Crippen molar-refractivity contribution in [1.82, 2.24) is 15.6 Å². The van der Waals surface area contributed by atoms with E-state index in [9.17, 15) is 4.79 Å². The average Bonchev–Trinajstić information content (AvgIpc) is 3.00. The lowest BCUT2D eigenvalue weighted by Crippen LogP contribution is -2.42. The van der Waals surface area contributed by atoms with E-state index >= 15 is 0 Å². The molecule has 0 radical (unpaired) electrons. The maximum atomic E-state index is 11.7. The predicted octanol–water partition coefficient (Wildman–Crippen LogP) is 1.52. The molecular weight excluding hydrogens is 268 g/mol. The molecule has 0 aromatic carbocycles. The number of carbonyl (C=O) groups excluding carboxylic acids is 1. The highest BCUT2D eigenvalue weighted by molar-refractivity contribution is 5.74. The minimum Gasteiger partial charge on any atom is -0.383 e. The fourth-order valence-corrected chi connectivity index (χ4v) is 2.44. The first-order chi connectivity index (χ1) is 10.2. The molecule has 6 nitrogen and oxygen atoms in total. The van der Waals surface area contributed by atoms with Gasteiger partial charge < -0.3 is 20.3 Å². The summed E-state index contributed by atoms with van der Waals surface area (Å²) < 4.78 is 4.98. The number of aromatic nitrogens is 1. The molecule has 0 spiro atoms. The van der Waals surface area contributed by atoms with E-state index in [2.05, 4.69) is 20.5 Å². The molecule has 116 valence electrons. The van der Waals surface area contributed by atoms with E-state index in [0.29, 0.717) is 13.2 Å². The van der Waals surface area contributed by atoms with Crippen molar-refractivity contribution in [3.05, 3.63) is 23.9 Å². The molecule has 1 fully saturated rings. The number of hydrogen-bond donors (Lipinski definition) is 2. The Morgan fingerprint density at radius 1 is 1.48 bits per heavy atom. The number of rotatable bonds is 6. The molecule has 0 saturated carbocycles. The highest BCUT2D eigenvalue weighted by Crippen LogP contribution is 2.18. The summed E-state index contributed by atoms with van der Waals surface area (Å²) in [6.07, 6.45) is 4.25. The molecule has 1 aliphatic rings. The fourth-order valence-electron chi connectivity index (χ4n) is 2.44. The van der Waals surface area contributed by atoms with Gasteiger partial charge >= 0.3 is 6.03 Å². The number of urea groups is 1. The zero-order chi connectivity index (χ0) is 15.1. The lowest BCUT2D eigenvalue weighted by molar-refractivity contribution is 0.171. The van der Waals surface area contributed by atoms with Gasteiger partial charge in [0.1, 0.15) is 5.82 Å². The molecule has 2 N–H and O–H groups in total. The Morgan fingerprint density at radius 2 is 2.24 bits per heavy atom. The second-order valence-corrected chi connectivity index (χ2v) is 5.40. The summed E-state index contributed by atoms with van der Waals surface area (Å²) in [6.45, 7) is 5.04. The van der Waals surface area contributed by atoms with Crippen LogP contribution in [0.1, 0.15) is 25.3 Å². The van der Waals surface area contributed by atoms with Crippen LogP contribution in [-0.4, -0.2) is 43.9 Å². The Balaban J connectivity index is 1.82. The minimum absolute atomic E-state index is 0.00685. The normalized spacial score (nSPS) is 15.8. The van der Waals surface area contributed by atoms with E-state index < -0.39 is 0 Å². The first kappa shape index (κ1) is 15.6. The lowest BCUT2D eigenvalue weighted by atomic mass is 10.2. The van der Waals surface area contributed by atoms with Gasteiger partial charge in [0, 0.05) is 32.9 Å². The van der Waals surface area contributed by atoms with Gasteiger partial charge in [0.25, 0.3) is 0 Å². The predicted molar refractivity (Wildman–Crippen MR) is 82.4 cm³/mol. The van der Waals surface area contributed by atoms with Crippen molar-refractivity contribution in [2.24, 2.45) is 0 Å². The van der Waals surface area contributed by atoms with Gasteiger partial charge in [-0.25, -0.2) is 9.78 Å². The van der Waals surface area contributed by atoms with Gasteiger partial charge in [-0.05, 0) is 37.5 Å². The van der Waals surface area contributed by atoms with Crippen LogP contribution in [0.25, 0.3) is 0 Å². The van der Waals surface area contributed by atoms with Crippen LogP contribution >= 0.6 is 0 Å². The number of methoxy groups -OCH3 is 1. The summed E-state index contributed by atoms with van der Waals surface area (Å²) in [5.41, 5.74) is 1.06. The van der Waals surface area contributed by atoms with E-state index in [1.54, 1.807) is 13.3 Å². The van der Waals surface area contributed by atoms with Crippen LogP contribution in [0.3, 0.4) is 0 Å². The van der Waals surface area contributed by atoms with Crippen molar-refractivity contribution in [3.63, 3.8) is 0 Å². The number of nitrogens with zero attached hydrogens (tertiary/aromatic N) is 2. The second kappa shape index (κ2) is 7.83. The Kier molecular flexibility index (Phi) is 5.80. The first-order valence-electron chi connectivity index (χ1n) is 7.42. The third-order valence-corrected chi connectivity index (χ3v) is 3.49. The maximum absolute atomic E-state index is 11.7. The first-order valence-corrected chi connectivity index (χ1v) is 7.42. The summed E-state index contributed by atoms with van der Waals surface area (Å²) in [7, 11) is 1.62. The van der Waals surface area contributed by atoms with Crippen molar-refractivity contribution in [1.29, 1.82) is 0 Å². The molecule has 21 heavy (non-hydrogen) atoms. The Hall–Kier alpha value is -1.82. The molecule has 6 heteroatoms. The zero-order valence-electron chi connectivity index (χ0n) is 12.8. The number of carbonyl (C=O) groups is 1. The van der Waals surface area contributed by atoms with Gasteiger partial charge in [0.2, 0.25) is 0 Å². The highest BCUT2D eigenvalue weighted by atomic mass is 16.5. The Bertz CT molecular complexity index is 461. The van der Waals surface area contributed by atoms with Crippen LogP contribution in [0, 0.1) is 0 Å². The summed E-state index contributed by atoms with van der Waals surface area (Å²) >= 11 is 0. The lowest BCUT2D eigenvalue weighted by Gasteiger charge is -2.17. The van der Waals surface area contributed by atoms with Gasteiger partial charge in [0.15, 0.2) is 0 Å². The maximum Gasteiger partial charge on any atom is 0.315 e. The number of ether oxygens (including phenoxy) is 1. The quantitative estimate of drug-likeness (QED) is 0.834. The molecule has 2 rings (SSSR count). The van der Waals surface area contributed by atoms with Crippen LogP contribution in [0.2, 0.25) is 0 Å². The van der Waals surface area contributed by atoms with Crippen LogP contribution < -0.4 is 15.5 Å². The summed E-state index contributed by atoms with van der Waals surface area (Å²) in [5, 5.41) is 5.67. The minimum atomic E-state index is -0.181. The van der Waals surface area contributed by atoms with Crippen LogP contribution in [-0.2, 0) is 11.3 Å². The molecule has 1 saturated heterocycles. The van der Waals surface area contributed by atoms with Crippen LogP contribution in [0.4, 0.5) is 10.6 Å². The number of pyridine rings is 1. The van der Waals surface area contributed by atoms with Gasteiger partial charge in [-0.15, -0.1) is 0 Å². The number of hydrogen-bond acceptors (Lipinski definition) is 4. The zero-order valence-corrected chi connectivity index (χ0v) is 12.8. The van der Waals surface area contributed by atoms with Crippen molar-refractivity contribution < 1.29 is 9.53 Å². The second-order valence-electron chi connectivity index (χ2n) is 5.40. The topological polar surface area (TPSA) is 66.5 Å². The molecule has 0 bridgehead atoms. The van der Waals surface area contributed by atoms with Gasteiger partial charge in [-0.2, -0.15) is 0 Å². The number of nitrogens with one attached hydrogen (secondary N) is 2. The third kappa shape index (κ3) is 4.90. The monoisotopic (exact) mass is 292 g/mol.